The monoisotopic (exact) mass is 448 g/mol. The van der Waals surface area contributed by atoms with Gasteiger partial charge in [-0.2, -0.15) is 5.10 Å². The molecular weight excluding hydrogens is 424 g/mol. The summed E-state index contributed by atoms with van der Waals surface area (Å²) in [6.07, 6.45) is 4.27. The fourth-order valence-electron chi connectivity index (χ4n) is 3.65. The van der Waals surface area contributed by atoms with Crippen molar-refractivity contribution < 1.29 is 4.79 Å². The van der Waals surface area contributed by atoms with Gasteiger partial charge in [0.15, 0.2) is 0 Å². The highest BCUT2D eigenvalue weighted by Gasteiger charge is 2.21. The number of hydrogen-bond acceptors (Lipinski definition) is 4. The summed E-state index contributed by atoms with van der Waals surface area (Å²) in [5.74, 6) is -0.0904. The Bertz CT molecular complexity index is 1130. The standard InChI is InChI=1S/C25H25ClN4O2/c26-22-10-8-21(9-11-22)23-12-13-24(31)30(27-23)19-25(32)29-17-15-28(16-18-29)14-4-7-20-5-2-1-3-6-20/h1-13H,14-19H2/b7-4+. The van der Waals surface area contributed by atoms with E-state index in [1.807, 2.05) is 30.3 Å². The van der Waals surface area contributed by atoms with Crippen LogP contribution in [0, 0.1) is 0 Å². The number of carbonyl (C=O) groups is 1. The van der Waals surface area contributed by atoms with Crippen LogP contribution in [-0.2, 0) is 11.3 Å². The van der Waals surface area contributed by atoms with E-state index in [0.717, 1.165) is 25.2 Å². The van der Waals surface area contributed by atoms with Gasteiger partial charge < -0.3 is 4.90 Å². The molecule has 4 rings (SSSR count). The zero-order valence-electron chi connectivity index (χ0n) is 17.7. The Labute approximate surface area is 192 Å². The summed E-state index contributed by atoms with van der Waals surface area (Å²) in [6.45, 7) is 3.68. The van der Waals surface area contributed by atoms with Crippen LogP contribution in [0.25, 0.3) is 17.3 Å². The number of piperazine rings is 1. The maximum atomic E-state index is 12.8. The van der Waals surface area contributed by atoms with Gasteiger partial charge >= 0.3 is 0 Å². The number of amides is 1. The van der Waals surface area contributed by atoms with Crippen molar-refractivity contribution in [1.29, 1.82) is 0 Å². The molecule has 0 unspecified atom stereocenters. The summed E-state index contributed by atoms with van der Waals surface area (Å²) in [5, 5.41) is 5.02. The fourth-order valence-corrected chi connectivity index (χ4v) is 3.77. The van der Waals surface area contributed by atoms with Crippen molar-refractivity contribution in [3.05, 3.63) is 93.7 Å². The topological polar surface area (TPSA) is 58.4 Å². The molecule has 0 aliphatic carbocycles. The van der Waals surface area contributed by atoms with E-state index in [-0.39, 0.29) is 18.0 Å². The minimum absolute atomic E-state index is 0.0613. The van der Waals surface area contributed by atoms with Crippen LogP contribution in [0.4, 0.5) is 0 Å². The summed E-state index contributed by atoms with van der Waals surface area (Å²) >= 11 is 5.94. The van der Waals surface area contributed by atoms with E-state index < -0.39 is 0 Å². The van der Waals surface area contributed by atoms with Gasteiger partial charge in [0.25, 0.3) is 5.56 Å². The van der Waals surface area contributed by atoms with E-state index in [1.165, 1.54) is 16.3 Å². The van der Waals surface area contributed by atoms with Crippen LogP contribution in [0.3, 0.4) is 0 Å². The highest BCUT2D eigenvalue weighted by atomic mass is 35.5. The Morgan fingerprint density at radius 2 is 1.66 bits per heavy atom. The first-order valence-electron chi connectivity index (χ1n) is 10.6. The minimum Gasteiger partial charge on any atom is -0.339 e. The predicted octanol–water partition coefficient (Wildman–Crippen LogP) is 3.42. The lowest BCUT2D eigenvalue weighted by Crippen LogP contribution is -2.50. The molecule has 0 atom stereocenters. The van der Waals surface area contributed by atoms with Crippen molar-refractivity contribution in [3.8, 4) is 11.3 Å². The van der Waals surface area contributed by atoms with Gasteiger partial charge in [-0.25, -0.2) is 4.68 Å². The molecule has 0 saturated carbocycles. The van der Waals surface area contributed by atoms with E-state index in [9.17, 15) is 9.59 Å². The molecule has 1 aromatic heterocycles. The molecule has 32 heavy (non-hydrogen) atoms. The van der Waals surface area contributed by atoms with Gasteiger partial charge in [0.1, 0.15) is 6.54 Å². The number of carbonyl (C=O) groups excluding carboxylic acids is 1. The molecule has 0 spiro atoms. The summed E-state index contributed by atoms with van der Waals surface area (Å²) in [5.41, 5.74) is 2.36. The average Bonchev–Trinajstić information content (AvgIpc) is 2.82. The van der Waals surface area contributed by atoms with Crippen molar-refractivity contribution in [2.45, 2.75) is 6.54 Å². The Morgan fingerprint density at radius 3 is 2.38 bits per heavy atom. The summed E-state index contributed by atoms with van der Waals surface area (Å²) < 4.78 is 1.24. The lowest BCUT2D eigenvalue weighted by Gasteiger charge is -2.34. The second-order valence-electron chi connectivity index (χ2n) is 7.72. The molecule has 3 aromatic rings. The van der Waals surface area contributed by atoms with Crippen LogP contribution < -0.4 is 5.56 Å². The van der Waals surface area contributed by atoms with Crippen molar-refractivity contribution in [2.24, 2.45) is 0 Å². The Kier molecular flexibility index (Phi) is 7.14. The van der Waals surface area contributed by atoms with Crippen LogP contribution in [0.5, 0.6) is 0 Å². The smallest absolute Gasteiger partial charge is 0.267 e. The number of hydrogen-bond donors (Lipinski definition) is 0. The largest absolute Gasteiger partial charge is 0.339 e. The number of halogens is 1. The van der Waals surface area contributed by atoms with E-state index in [4.69, 9.17) is 11.6 Å². The van der Waals surface area contributed by atoms with Crippen LogP contribution in [0.15, 0.2) is 77.6 Å². The zero-order valence-corrected chi connectivity index (χ0v) is 18.5. The SMILES string of the molecule is O=C(Cn1nc(-c2ccc(Cl)cc2)ccc1=O)N1CCN(C/C=C/c2ccccc2)CC1. The van der Waals surface area contributed by atoms with Crippen molar-refractivity contribution in [1.82, 2.24) is 19.6 Å². The van der Waals surface area contributed by atoms with Gasteiger partial charge in [0.05, 0.1) is 5.69 Å². The highest BCUT2D eigenvalue weighted by Crippen LogP contribution is 2.18. The second-order valence-corrected chi connectivity index (χ2v) is 8.15. The first-order chi connectivity index (χ1) is 15.6. The van der Waals surface area contributed by atoms with E-state index in [0.29, 0.717) is 23.8 Å². The third-order valence-corrected chi connectivity index (χ3v) is 5.74. The Hall–Kier alpha value is -3.22. The molecule has 2 aromatic carbocycles. The van der Waals surface area contributed by atoms with Crippen LogP contribution >= 0.6 is 11.6 Å². The first-order valence-corrected chi connectivity index (χ1v) is 11.0. The van der Waals surface area contributed by atoms with Crippen LogP contribution in [-0.4, -0.2) is 58.2 Å². The predicted molar refractivity (Wildman–Crippen MR) is 127 cm³/mol. The number of nitrogens with zero attached hydrogens (tertiary/aromatic N) is 4. The molecule has 7 heteroatoms. The molecule has 1 aliphatic heterocycles. The lowest BCUT2D eigenvalue weighted by molar-refractivity contribution is -0.133. The summed E-state index contributed by atoms with van der Waals surface area (Å²) in [7, 11) is 0. The molecule has 1 fully saturated rings. The van der Waals surface area contributed by atoms with Gasteiger partial charge in [-0.15, -0.1) is 0 Å². The van der Waals surface area contributed by atoms with Gasteiger partial charge in [0.2, 0.25) is 5.91 Å². The molecule has 1 amide bonds. The fraction of sp³-hybridized carbons (Fsp3) is 0.240. The third-order valence-electron chi connectivity index (χ3n) is 5.49. The molecule has 1 saturated heterocycles. The molecule has 0 radical (unpaired) electrons. The number of aromatic nitrogens is 2. The molecule has 164 valence electrons. The molecule has 1 aliphatic rings. The second kappa shape index (κ2) is 10.4. The van der Waals surface area contributed by atoms with Gasteiger partial charge in [0, 0.05) is 49.4 Å². The third kappa shape index (κ3) is 5.72. The number of benzene rings is 2. The van der Waals surface area contributed by atoms with Crippen molar-refractivity contribution in [2.75, 3.05) is 32.7 Å². The van der Waals surface area contributed by atoms with E-state index in [1.54, 1.807) is 23.1 Å². The first kappa shape index (κ1) is 22.0. The zero-order chi connectivity index (χ0) is 22.3. The summed E-state index contributed by atoms with van der Waals surface area (Å²) in [4.78, 5) is 29.2. The lowest BCUT2D eigenvalue weighted by atomic mass is 10.1. The van der Waals surface area contributed by atoms with Gasteiger partial charge in [-0.05, 0) is 23.8 Å². The number of rotatable bonds is 6. The van der Waals surface area contributed by atoms with E-state index >= 15 is 0 Å². The molecular formula is C25H25ClN4O2. The molecule has 0 N–H and O–H groups in total. The van der Waals surface area contributed by atoms with Gasteiger partial charge in [-0.1, -0.05) is 66.2 Å². The minimum atomic E-state index is -0.291. The molecule has 6 nitrogen and oxygen atoms in total. The maximum Gasteiger partial charge on any atom is 0.267 e. The Morgan fingerprint density at radius 1 is 0.938 bits per heavy atom. The highest BCUT2D eigenvalue weighted by molar-refractivity contribution is 6.30. The van der Waals surface area contributed by atoms with Crippen LogP contribution in [0.1, 0.15) is 5.56 Å². The quantitative estimate of drug-likeness (QED) is 0.579. The van der Waals surface area contributed by atoms with Crippen LogP contribution in [0.2, 0.25) is 5.02 Å². The maximum absolute atomic E-state index is 12.8. The summed E-state index contributed by atoms with van der Waals surface area (Å²) in [6, 6.07) is 20.5. The molecule has 0 bridgehead atoms. The molecule has 2 heterocycles. The average molecular weight is 449 g/mol. The van der Waals surface area contributed by atoms with Crippen molar-refractivity contribution in [3.63, 3.8) is 0 Å². The normalized spacial score (nSPS) is 14.7. The van der Waals surface area contributed by atoms with Gasteiger partial charge in [-0.3, -0.25) is 14.5 Å². The Balaban J connectivity index is 1.32. The van der Waals surface area contributed by atoms with Crippen molar-refractivity contribution >= 4 is 23.6 Å². The van der Waals surface area contributed by atoms with E-state index in [2.05, 4.69) is 34.3 Å².